The maximum atomic E-state index is 12.7. The third kappa shape index (κ3) is 45.4. The molecule has 0 saturated carbocycles. The molecule has 0 aliphatic carbocycles. The van der Waals surface area contributed by atoms with Gasteiger partial charge in [0.15, 0.2) is 6.10 Å². The van der Waals surface area contributed by atoms with Crippen molar-refractivity contribution in [1.29, 1.82) is 0 Å². The van der Waals surface area contributed by atoms with E-state index in [-0.39, 0.29) is 38.0 Å². The van der Waals surface area contributed by atoms with Gasteiger partial charge in [0.2, 0.25) is 0 Å². The highest BCUT2D eigenvalue weighted by atomic mass is 16.6. The normalized spacial score (nSPS) is 12.9. The predicted molar refractivity (Wildman–Crippen MR) is 256 cm³/mol. The molecule has 0 radical (unpaired) electrons. The van der Waals surface area contributed by atoms with Crippen molar-refractivity contribution in [2.75, 3.05) is 13.2 Å². The number of ether oxygens (including phenoxy) is 3. The summed E-state index contributed by atoms with van der Waals surface area (Å²) in [6.07, 6.45) is 62.7. The Hall–Kier alpha value is -3.67. The molecule has 0 N–H and O–H groups in total. The molecule has 60 heavy (non-hydrogen) atoms. The van der Waals surface area contributed by atoms with Gasteiger partial charge in [-0.1, -0.05) is 189 Å². The second kappa shape index (κ2) is 48.0. The van der Waals surface area contributed by atoms with Crippen molar-refractivity contribution in [1.82, 2.24) is 0 Å². The lowest BCUT2D eigenvalue weighted by Crippen LogP contribution is -2.30. The van der Waals surface area contributed by atoms with Crippen molar-refractivity contribution in [2.45, 2.75) is 213 Å². The highest BCUT2D eigenvalue weighted by Crippen LogP contribution is 2.11. The number of rotatable bonds is 42. The summed E-state index contributed by atoms with van der Waals surface area (Å²) in [5.41, 5.74) is 0. The fourth-order valence-corrected chi connectivity index (χ4v) is 6.18. The van der Waals surface area contributed by atoms with Crippen molar-refractivity contribution in [2.24, 2.45) is 0 Å². The Bertz CT molecular complexity index is 1230. The fraction of sp³-hybridized carbons (Fsp3) is 0.648. The van der Waals surface area contributed by atoms with E-state index in [0.717, 1.165) is 77.0 Å². The van der Waals surface area contributed by atoms with Crippen LogP contribution in [0.25, 0.3) is 0 Å². The number of unbranched alkanes of at least 4 members (excludes halogenated alkanes) is 15. The summed E-state index contributed by atoms with van der Waals surface area (Å²) in [4.78, 5) is 37.8. The fourth-order valence-electron chi connectivity index (χ4n) is 6.18. The summed E-state index contributed by atoms with van der Waals surface area (Å²) < 4.78 is 16.6. The Labute approximate surface area is 368 Å². The van der Waals surface area contributed by atoms with Gasteiger partial charge >= 0.3 is 17.9 Å². The van der Waals surface area contributed by atoms with Crippen molar-refractivity contribution >= 4 is 17.9 Å². The van der Waals surface area contributed by atoms with E-state index in [9.17, 15) is 14.4 Å². The van der Waals surface area contributed by atoms with Crippen molar-refractivity contribution in [3.05, 3.63) is 97.2 Å². The van der Waals surface area contributed by atoms with E-state index in [2.05, 4.69) is 99.8 Å². The van der Waals surface area contributed by atoms with Crippen LogP contribution in [0.3, 0.4) is 0 Å². The first kappa shape index (κ1) is 56.3. The number of carbonyl (C=O) groups is 3. The van der Waals surface area contributed by atoms with Gasteiger partial charge in [-0.05, 0) is 96.3 Å². The van der Waals surface area contributed by atoms with Crippen LogP contribution in [0.4, 0.5) is 0 Å². The topological polar surface area (TPSA) is 78.9 Å². The summed E-state index contributed by atoms with van der Waals surface area (Å²) in [6.45, 7) is 6.35. The first-order valence-electron chi connectivity index (χ1n) is 24.2. The highest BCUT2D eigenvalue weighted by Gasteiger charge is 2.19. The summed E-state index contributed by atoms with van der Waals surface area (Å²) in [6, 6.07) is 0. The molecule has 0 aliphatic heterocycles. The molecule has 0 amide bonds. The van der Waals surface area contributed by atoms with Crippen LogP contribution in [0.5, 0.6) is 0 Å². The molecule has 0 spiro atoms. The monoisotopic (exact) mass is 833 g/mol. The molecule has 6 heteroatoms. The van der Waals surface area contributed by atoms with Crippen LogP contribution in [0.15, 0.2) is 97.2 Å². The molecule has 1 atom stereocenters. The Kier molecular flexibility index (Phi) is 45.1. The molecule has 0 aromatic carbocycles. The van der Waals surface area contributed by atoms with Gasteiger partial charge in [0, 0.05) is 19.3 Å². The molecule has 0 rings (SSSR count). The van der Waals surface area contributed by atoms with Gasteiger partial charge in [0.05, 0.1) is 0 Å². The van der Waals surface area contributed by atoms with Crippen LogP contribution in [0, 0.1) is 0 Å². The van der Waals surface area contributed by atoms with Gasteiger partial charge in [-0.3, -0.25) is 14.4 Å². The first-order valence-corrected chi connectivity index (χ1v) is 24.2. The summed E-state index contributed by atoms with van der Waals surface area (Å²) >= 11 is 0. The first-order chi connectivity index (χ1) is 29.5. The second-order valence-corrected chi connectivity index (χ2v) is 15.6. The van der Waals surface area contributed by atoms with Crippen LogP contribution in [0.1, 0.15) is 207 Å². The largest absolute Gasteiger partial charge is 0.462 e. The summed E-state index contributed by atoms with van der Waals surface area (Å²) in [5, 5.41) is 0. The average Bonchev–Trinajstić information content (AvgIpc) is 3.24. The standard InChI is InChI=1S/C54H88O6/c1-4-7-10-13-16-19-22-25-26-27-30-32-35-38-41-44-47-53(56)59-50-51(60-54(57)48-45-42-39-36-33-29-24-21-18-15-12-9-6-3)49-58-52(55)46-43-40-37-34-31-28-23-20-17-14-11-8-5-2/h7,10,16,19,25-26,28-33,38-39,41-42,51H,4-6,8-9,11-15,17-18,20-24,27,34-37,40,43-50H2,1-3H3/b10-7+,19-16+,26-25+,31-28+,32-30+,33-29+,41-38+,42-39+. The van der Waals surface area contributed by atoms with E-state index in [1.54, 1.807) is 0 Å². The number of hydrogen-bond donors (Lipinski definition) is 0. The minimum Gasteiger partial charge on any atom is -0.462 e. The van der Waals surface area contributed by atoms with E-state index >= 15 is 0 Å². The SMILES string of the molecule is CC/C=C/C/C=C/C/C=C/C/C=C/C/C=C/CCC(=O)OCC(COC(=O)CCCCC/C=C/CCCCCCCC)OC(=O)CC/C=C/C/C=C/CCCCCCCC. The van der Waals surface area contributed by atoms with Crippen molar-refractivity contribution < 1.29 is 28.6 Å². The van der Waals surface area contributed by atoms with E-state index in [1.807, 2.05) is 18.2 Å². The molecule has 1 unspecified atom stereocenters. The lowest BCUT2D eigenvalue weighted by atomic mass is 10.1. The van der Waals surface area contributed by atoms with Gasteiger partial charge < -0.3 is 14.2 Å². The van der Waals surface area contributed by atoms with Gasteiger partial charge in [-0.2, -0.15) is 0 Å². The molecule has 6 nitrogen and oxygen atoms in total. The van der Waals surface area contributed by atoms with Crippen LogP contribution < -0.4 is 0 Å². The minimum atomic E-state index is -0.843. The van der Waals surface area contributed by atoms with Crippen molar-refractivity contribution in [3.63, 3.8) is 0 Å². The molecule has 0 aromatic heterocycles. The zero-order valence-corrected chi connectivity index (χ0v) is 38.7. The Morgan fingerprint density at radius 2 is 0.683 bits per heavy atom. The number of esters is 3. The van der Waals surface area contributed by atoms with E-state index in [1.165, 1.54) is 77.0 Å². The van der Waals surface area contributed by atoms with E-state index in [4.69, 9.17) is 14.2 Å². The number of allylic oxidation sites excluding steroid dienone is 16. The van der Waals surface area contributed by atoms with Gasteiger partial charge in [-0.15, -0.1) is 0 Å². The maximum absolute atomic E-state index is 12.7. The Balaban J connectivity index is 4.59. The molecule has 0 saturated heterocycles. The number of carbonyl (C=O) groups excluding carboxylic acids is 3. The van der Waals surface area contributed by atoms with Gasteiger partial charge in [0.1, 0.15) is 13.2 Å². The molecule has 0 aliphatic rings. The molecule has 0 aromatic rings. The molecular formula is C54H88O6. The van der Waals surface area contributed by atoms with Gasteiger partial charge in [0.25, 0.3) is 0 Å². The zero-order valence-electron chi connectivity index (χ0n) is 38.7. The third-order valence-electron chi connectivity index (χ3n) is 9.82. The van der Waals surface area contributed by atoms with Crippen LogP contribution >= 0.6 is 0 Å². The molecule has 0 fully saturated rings. The number of hydrogen-bond acceptors (Lipinski definition) is 6. The lowest BCUT2D eigenvalue weighted by Gasteiger charge is -2.18. The van der Waals surface area contributed by atoms with E-state index < -0.39 is 12.1 Å². The Morgan fingerprint density at radius 3 is 1.13 bits per heavy atom. The molecule has 340 valence electrons. The lowest BCUT2D eigenvalue weighted by molar-refractivity contribution is -0.166. The predicted octanol–water partition coefficient (Wildman–Crippen LogP) is 15.8. The van der Waals surface area contributed by atoms with Gasteiger partial charge in [-0.25, -0.2) is 0 Å². The van der Waals surface area contributed by atoms with E-state index in [0.29, 0.717) is 19.3 Å². The summed E-state index contributed by atoms with van der Waals surface area (Å²) in [7, 11) is 0. The smallest absolute Gasteiger partial charge is 0.306 e. The van der Waals surface area contributed by atoms with Crippen LogP contribution in [-0.4, -0.2) is 37.2 Å². The quantitative estimate of drug-likeness (QED) is 0.0264. The second-order valence-electron chi connectivity index (χ2n) is 15.6. The molecular weight excluding hydrogens is 745 g/mol. The van der Waals surface area contributed by atoms with Crippen molar-refractivity contribution in [3.8, 4) is 0 Å². The molecule has 0 bridgehead atoms. The summed E-state index contributed by atoms with van der Waals surface area (Å²) in [5.74, 6) is -1.11. The molecule has 0 heterocycles. The minimum absolute atomic E-state index is 0.132. The maximum Gasteiger partial charge on any atom is 0.306 e. The van der Waals surface area contributed by atoms with Crippen LogP contribution in [-0.2, 0) is 28.6 Å². The average molecular weight is 833 g/mol. The third-order valence-corrected chi connectivity index (χ3v) is 9.82. The van der Waals surface area contributed by atoms with Crippen LogP contribution in [0.2, 0.25) is 0 Å². The highest BCUT2D eigenvalue weighted by molar-refractivity contribution is 5.71. The zero-order chi connectivity index (χ0) is 43.7. The Morgan fingerprint density at radius 1 is 0.350 bits per heavy atom.